The summed E-state index contributed by atoms with van der Waals surface area (Å²) >= 11 is 2.90. The second-order valence-electron chi connectivity index (χ2n) is 3.44. The van der Waals surface area contributed by atoms with Gasteiger partial charge in [-0.15, -0.1) is 22.0 Å². The van der Waals surface area contributed by atoms with Crippen molar-refractivity contribution in [2.75, 3.05) is 11.5 Å². The van der Waals surface area contributed by atoms with Crippen molar-refractivity contribution in [3.8, 4) is 0 Å². The Hall–Kier alpha value is -0.690. The molecule has 0 bridgehead atoms. The van der Waals surface area contributed by atoms with Crippen molar-refractivity contribution in [3.63, 3.8) is 0 Å². The molecule has 1 unspecified atom stereocenters. The lowest BCUT2D eigenvalue weighted by Gasteiger charge is -2.17. The van der Waals surface area contributed by atoms with Gasteiger partial charge in [0.1, 0.15) is 5.75 Å². The summed E-state index contributed by atoms with van der Waals surface area (Å²) < 4.78 is 5.43. The number of carbonyl (C=O) groups is 1. The molecule has 1 aromatic heterocycles. The summed E-state index contributed by atoms with van der Waals surface area (Å²) in [7, 11) is 0. The van der Waals surface area contributed by atoms with Crippen LogP contribution in [-0.2, 0) is 4.79 Å². The van der Waals surface area contributed by atoms with Crippen LogP contribution in [0.2, 0.25) is 0 Å². The van der Waals surface area contributed by atoms with E-state index in [2.05, 4.69) is 10.2 Å². The molecule has 2 rings (SSSR count). The van der Waals surface area contributed by atoms with Crippen molar-refractivity contribution in [2.24, 2.45) is 0 Å². The summed E-state index contributed by atoms with van der Waals surface area (Å²) in [5.41, 5.74) is 0. The van der Waals surface area contributed by atoms with Gasteiger partial charge in [0.2, 0.25) is 5.89 Å². The number of hydrogen-bond donors (Lipinski definition) is 1. The summed E-state index contributed by atoms with van der Waals surface area (Å²) in [6.07, 6.45) is 3.50. The van der Waals surface area contributed by atoms with Crippen molar-refractivity contribution in [1.82, 2.24) is 10.2 Å². The fourth-order valence-corrected chi connectivity index (χ4v) is 3.18. The molecule has 1 atom stereocenters. The lowest BCUT2D eigenvalue weighted by Crippen LogP contribution is -2.02. The molecule has 1 fully saturated rings. The predicted octanol–water partition coefficient (Wildman–Crippen LogP) is 2.20. The monoisotopic (exact) mass is 260 g/mol. The Labute approximate surface area is 101 Å². The van der Waals surface area contributed by atoms with Crippen LogP contribution in [0.4, 0.5) is 0 Å². The molecule has 0 spiro atoms. The van der Waals surface area contributed by atoms with E-state index >= 15 is 0 Å². The van der Waals surface area contributed by atoms with Gasteiger partial charge in [0.15, 0.2) is 0 Å². The fourth-order valence-electron chi connectivity index (χ4n) is 1.47. The minimum atomic E-state index is -0.878. The van der Waals surface area contributed by atoms with E-state index in [9.17, 15) is 4.79 Å². The molecule has 5 nitrogen and oxygen atoms in total. The molecule has 16 heavy (non-hydrogen) atoms. The molecular weight excluding hydrogens is 248 g/mol. The average molecular weight is 260 g/mol. The van der Waals surface area contributed by atoms with Crippen molar-refractivity contribution < 1.29 is 14.3 Å². The van der Waals surface area contributed by atoms with Crippen LogP contribution in [0, 0.1) is 0 Å². The van der Waals surface area contributed by atoms with Crippen molar-refractivity contribution >= 4 is 29.5 Å². The van der Waals surface area contributed by atoms with Crippen LogP contribution >= 0.6 is 23.5 Å². The molecule has 0 radical (unpaired) electrons. The van der Waals surface area contributed by atoms with Crippen LogP contribution in [0.5, 0.6) is 0 Å². The first kappa shape index (κ1) is 11.8. The summed E-state index contributed by atoms with van der Waals surface area (Å²) in [5.74, 6) is 0.846. The van der Waals surface area contributed by atoms with Crippen LogP contribution in [-0.4, -0.2) is 32.8 Å². The molecule has 7 heteroatoms. The van der Waals surface area contributed by atoms with Gasteiger partial charge in [0.05, 0.1) is 5.25 Å². The molecule has 1 aromatic rings. The molecular formula is C9H12N2O3S2. The third-order valence-corrected chi connectivity index (χ3v) is 4.36. The van der Waals surface area contributed by atoms with E-state index in [1.54, 1.807) is 0 Å². The third kappa shape index (κ3) is 3.15. The van der Waals surface area contributed by atoms with Crippen LogP contribution in [0.15, 0.2) is 9.64 Å². The standard InChI is InChI=1S/C9H12N2O3S2/c12-7(13)5-16-9-11-10-8(14-9)6-3-1-2-4-15-6/h6H,1-5H2,(H,12,13). The number of rotatable bonds is 4. The molecule has 1 saturated heterocycles. The Morgan fingerprint density at radius 2 is 2.44 bits per heavy atom. The van der Waals surface area contributed by atoms with E-state index in [-0.39, 0.29) is 5.75 Å². The molecule has 88 valence electrons. The second-order valence-corrected chi connectivity index (χ2v) is 5.68. The number of thioether (sulfide) groups is 2. The third-order valence-electron chi connectivity index (χ3n) is 2.20. The zero-order valence-electron chi connectivity index (χ0n) is 8.59. The summed E-state index contributed by atoms with van der Waals surface area (Å²) in [5, 5.41) is 17.0. The first-order valence-corrected chi connectivity index (χ1v) is 7.09. The molecule has 0 aromatic carbocycles. The maximum Gasteiger partial charge on any atom is 0.314 e. The van der Waals surface area contributed by atoms with Crippen molar-refractivity contribution in [1.29, 1.82) is 0 Å². The normalized spacial score (nSPS) is 20.9. The Morgan fingerprint density at radius 1 is 1.56 bits per heavy atom. The molecule has 1 aliphatic heterocycles. The van der Waals surface area contributed by atoms with Gasteiger partial charge in [0.25, 0.3) is 5.22 Å². The lowest BCUT2D eigenvalue weighted by atomic mass is 10.2. The molecule has 2 heterocycles. The Morgan fingerprint density at radius 3 is 3.12 bits per heavy atom. The summed E-state index contributed by atoms with van der Waals surface area (Å²) in [4.78, 5) is 10.4. The number of nitrogens with zero attached hydrogens (tertiary/aromatic N) is 2. The van der Waals surface area contributed by atoms with Gasteiger partial charge in [-0.2, -0.15) is 0 Å². The van der Waals surface area contributed by atoms with Crippen molar-refractivity contribution in [3.05, 3.63) is 5.89 Å². The highest BCUT2D eigenvalue weighted by atomic mass is 32.2. The maximum atomic E-state index is 10.4. The minimum absolute atomic E-state index is 0.0422. The lowest BCUT2D eigenvalue weighted by molar-refractivity contribution is -0.133. The van der Waals surface area contributed by atoms with Crippen LogP contribution < -0.4 is 0 Å². The fraction of sp³-hybridized carbons (Fsp3) is 0.667. The highest BCUT2D eigenvalue weighted by Gasteiger charge is 2.22. The van der Waals surface area contributed by atoms with Gasteiger partial charge in [-0.1, -0.05) is 18.2 Å². The number of hydrogen-bond acceptors (Lipinski definition) is 6. The van der Waals surface area contributed by atoms with E-state index in [0.29, 0.717) is 16.4 Å². The molecule has 0 saturated carbocycles. The second kappa shape index (κ2) is 5.58. The topological polar surface area (TPSA) is 76.2 Å². The molecule has 0 amide bonds. The maximum absolute atomic E-state index is 10.4. The van der Waals surface area contributed by atoms with Crippen LogP contribution in [0.3, 0.4) is 0 Å². The van der Waals surface area contributed by atoms with E-state index in [1.165, 1.54) is 12.8 Å². The van der Waals surface area contributed by atoms with Crippen molar-refractivity contribution in [2.45, 2.75) is 29.7 Å². The SMILES string of the molecule is O=C(O)CSc1nnc(C2CCCCS2)o1. The number of carboxylic acids is 1. The van der Waals surface area contributed by atoms with Crippen LogP contribution in [0.25, 0.3) is 0 Å². The number of aliphatic carboxylic acids is 1. The average Bonchev–Trinajstić information content (AvgIpc) is 2.76. The predicted molar refractivity (Wildman–Crippen MR) is 61.7 cm³/mol. The van der Waals surface area contributed by atoms with E-state index in [1.807, 2.05) is 11.8 Å². The summed E-state index contributed by atoms with van der Waals surface area (Å²) in [6, 6.07) is 0. The first-order valence-electron chi connectivity index (χ1n) is 5.05. The molecule has 1 aliphatic rings. The van der Waals surface area contributed by atoms with Gasteiger partial charge < -0.3 is 9.52 Å². The van der Waals surface area contributed by atoms with Gasteiger partial charge in [-0.05, 0) is 18.6 Å². The molecule has 1 N–H and O–H groups in total. The molecule has 0 aliphatic carbocycles. The first-order chi connectivity index (χ1) is 7.75. The largest absolute Gasteiger partial charge is 0.481 e. The quantitative estimate of drug-likeness (QED) is 0.831. The van der Waals surface area contributed by atoms with Crippen LogP contribution in [0.1, 0.15) is 30.4 Å². The van der Waals surface area contributed by atoms with Gasteiger partial charge in [-0.25, -0.2) is 0 Å². The zero-order chi connectivity index (χ0) is 11.4. The smallest absolute Gasteiger partial charge is 0.314 e. The van der Waals surface area contributed by atoms with Gasteiger partial charge >= 0.3 is 5.97 Å². The van der Waals surface area contributed by atoms with E-state index in [0.717, 1.165) is 23.9 Å². The number of carboxylic acid groups (broad SMARTS) is 1. The highest BCUT2D eigenvalue weighted by Crippen LogP contribution is 2.38. The van der Waals surface area contributed by atoms with E-state index in [4.69, 9.17) is 9.52 Å². The summed E-state index contributed by atoms with van der Waals surface area (Å²) in [6.45, 7) is 0. The Bertz CT molecular complexity index is 363. The van der Waals surface area contributed by atoms with E-state index < -0.39 is 5.97 Å². The Kier molecular flexibility index (Phi) is 4.11. The zero-order valence-corrected chi connectivity index (χ0v) is 10.2. The Balaban J connectivity index is 1.93. The van der Waals surface area contributed by atoms with Gasteiger partial charge in [-0.3, -0.25) is 4.79 Å². The van der Waals surface area contributed by atoms with Gasteiger partial charge in [0, 0.05) is 0 Å². The number of aromatic nitrogens is 2. The minimum Gasteiger partial charge on any atom is -0.481 e. The highest BCUT2D eigenvalue weighted by molar-refractivity contribution is 7.99.